The van der Waals surface area contributed by atoms with Crippen molar-refractivity contribution in [3.05, 3.63) is 50.0 Å². The summed E-state index contributed by atoms with van der Waals surface area (Å²) in [6.45, 7) is 0. The van der Waals surface area contributed by atoms with Gasteiger partial charge in [-0.1, -0.05) is 0 Å². The summed E-state index contributed by atoms with van der Waals surface area (Å²) >= 11 is 0. The summed E-state index contributed by atoms with van der Waals surface area (Å²) in [6, 6.07) is 0. The molecule has 0 amide bonds. The first kappa shape index (κ1) is 8.78. The van der Waals surface area contributed by atoms with Gasteiger partial charge in [0.1, 0.15) is 18.3 Å². The molecule has 0 aliphatic rings. The van der Waals surface area contributed by atoms with E-state index in [1.54, 1.807) is 31.2 Å². The second kappa shape index (κ2) is 3.58. The highest BCUT2D eigenvalue weighted by Crippen LogP contribution is 2.13. The predicted molar refractivity (Wildman–Crippen MR) is 56.3 cm³/mol. The Morgan fingerprint density at radius 1 is 0.875 bits per heavy atom. The summed E-state index contributed by atoms with van der Waals surface area (Å²) in [5, 5.41) is 0. The molecular weight excluding hydrogens is 204 g/mol. The first-order valence-corrected chi connectivity index (χ1v) is 4.72. The largest absolute Gasteiger partial charge is 0.301 e. The lowest BCUT2D eigenvalue weighted by atomic mass is 10.4. The summed E-state index contributed by atoms with van der Waals surface area (Å²) in [4.78, 5) is 16.3. The average molecular weight is 212 g/mol. The number of rotatable bonds is 2. The Balaban J connectivity index is 2.19. The van der Waals surface area contributed by atoms with Crippen molar-refractivity contribution in [1.82, 2.24) is 29.1 Å². The molecule has 0 aliphatic heterocycles. The maximum Gasteiger partial charge on any atom is 0.165 e. The second-order valence-corrected chi connectivity index (χ2v) is 3.17. The summed E-state index contributed by atoms with van der Waals surface area (Å²) in [5.74, 6) is 0.769. The molecule has 0 spiro atoms. The van der Waals surface area contributed by atoms with Gasteiger partial charge in [-0.25, -0.2) is 19.9 Å². The zero-order valence-electron chi connectivity index (χ0n) is 8.30. The number of nitrogens with zero attached hydrogens (tertiary/aromatic N) is 6. The van der Waals surface area contributed by atoms with Gasteiger partial charge < -0.3 is 4.57 Å². The van der Waals surface area contributed by atoms with Gasteiger partial charge in [0.15, 0.2) is 5.82 Å². The molecule has 3 aromatic rings. The molecule has 0 atom stereocenters. The summed E-state index contributed by atoms with van der Waals surface area (Å²) in [5.41, 5.74) is 0.859. The molecular formula is C10H8N6. The molecule has 0 aromatic carbocycles. The van der Waals surface area contributed by atoms with Crippen molar-refractivity contribution in [1.29, 1.82) is 0 Å². The molecule has 3 rings (SSSR count). The van der Waals surface area contributed by atoms with E-state index in [2.05, 4.69) is 19.9 Å². The van der Waals surface area contributed by atoms with Crippen LogP contribution in [0.3, 0.4) is 0 Å². The summed E-state index contributed by atoms with van der Waals surface area (Å²) in [7, 11) is 0. The van der Waals surface area contributed by atoms with Crippen molar-refractivity contribution in [2.75, 3.05) is 0 Å². The highest BCUT2D eigenvalue weighted by atomic mass is 15.2. The zero-order chi connectivity index (χ0) is 10.8. The zero-order valence-corrected chi connectivity index (χ0v) is 8.30. The molecule has 0 fully saturated rings. The SMILES string of the molecule is c1cn(-c2cncnc2-n2ccnc2)cn1. The van der Waals surface area contributed by atoms with Crippen LogP contribution in [-0.4, -0.2) is 29.1 Å². The molecule has 78 valence electrons. The van der Waals surface area contributed by atoms with Gasteiger partial charge in [0.2, 0.25) is 0 Å². The van der Waals surface area contributed by atoms with E-state index < -0.39 is 0 Å². The van der Waals surface area contributed by atoms with Crippen LogP contribution in [0.5, 0.6) is 0 Å². The fourth-order valence-corrected chi connectivity index (χ4v) is 1.48. The quantitative estimate of drug-likeness (QED) is 0.631. The third-order valence-electron chi connectivity index (χ3n) is 2.20. The summed E-state index contributed by atoms with van der Waals surface area (Å²) in [6.07, 6.45) is 13.8. The first-order valence-electron chi connectivity index (χ1n) is 4.72. The smallest absolute Gasteiger partial charge is 0.165 e. The van der Waals surface area contributed by atoms with Gasteiger partial charge >= 0.3 is 0 Å². The molecule has 3 aromatic heterocycles. The maximum absolute atomic E-state index is 4.24. The predicted octanol–water partition coefficient (Wildman–Crippen LogP) is 0.848. The molecule has 0 radical (unpaired) electrons. The number of hydrogen-bond acceptors (Lipinski definition) is 4. The van der Waals surface area contributed by atoms with Gasteiger partial charge in [0.05, 0.1) is 12.5 Å². The third kappa shape index (κ3) is 1.36. The summed E-state index contributed by atoms with van der Waals surface area (Å²) < 4.78 is 3.69. The normalized spacial score (nSPS) is 10.5. The van der Waals surface area contributed by atoms with Crippen molar-refractivity contribution in [2.24, 2.45) is 0 Å². The maximum atomic E-state index is 4.24. The van der Waals surface area contributed by atoms with Gasteiger partial charge in [-0.3, -0.25) is 4.57 Å². The Morgan fingerprint density at radius 2 is 1.62 bits per heavy atom. The number of aromatic nitrogens is 6. The minimum Gasteiger partial charge on any atom is -0.301 e. The van der Waals surface area contributed by atoms with Gasteiger partial charge in [0.25, 0.3) is 0 Å². The standard InChI is InChI=1S/C10H8N6/c1-3-15(7-11-1)9-5-13-6-14-10(9)16-4-2-12-8-16/h1-8H. The molecule has 3 heterocycles. The van der Waals surface area contributed by atoms with Crippen LogP contribution in [0.2, 0.25) is 0 Å². The van der Waals surface area contributed by atoms with Crippen molar-refractivity contribution in [2.45, 2.75) is 0 Å². The van der Waals surface area contributed by atoms with Crippen LogP contribution in [-0.2, 0) is 0 Å². The van der Waals surface area contributed by atoms with Gasteiger partial charge in [-0.15, -0.1) is 0 Å². The minimum atomic E-state index is 0.769. The van der Waals surface area contributed by atoms with Crippen molar-refractivity contribution >= 4 is 0 Å². The van der Waals surface area contributed by atoms with E-state index in [1.165, 1.54) is 6.33 Å². The van der Waals surface area contributed by atoms with Gasteiger partial charge in [-0.05, 0) is 0 Å². The lowest BCUT2D eigenvalue weighted by molar-refractivity contribution is 0.916. The van der Waals surface area contributed by atoms with Crippen LogP contribution in [0.1, 0.15) is 0 Å². The molecule has 0 bridgehead atoms. The minimum absolute atomic E-state index is 0.769. The molecule has 16 heavy (non-hydrogen) atoms. The topological polar surface area (TPSA) is 61.4 Å². The van der Waals surface area contributed by atoms with E-state index in [0.717, 1.165) is 11.5 Å². The molecule has 0 saturated heterocycles. The van der Waals surface area contributed by atoms with E-state index >= 15 is 0 Å². The van der Waals surface area contributed by atoms with E-state index in [-0.39, 0.29) is 0 Å². The van der Waals surface area contributed by atoms with Gasteiger partial charge in [0, 0.05) is 24.8 Å². The first-order chi connectivity index (χ1) is 7.95. The molecule has 6 heteroatoms. The molecule has 0 N–H and O–H groups in total. The van der Waals surface area contributed by atoms with Crippen molar-refractivity contribution < 1.29 is 0 Å². The van der Waals surface area contributed by atoms with E-state index in [9.17, 15) is 0 Å². The van der Waals surface area contributed by atoms with Crippen LogP contribution in [0.4, 0.5) is 0 Å². The van der Waals surface area contributed by atoms with Gasteiger partial charge in [-0.2, -0.15) is 0 Å². The van der Waals surface area contributed by atoms with E-state index in [4.69, 9.17) is 0 Å². The lowest BCUT2D eigenvalue weighted by Gasteiger charge is -2.07. The Hall–Kier alpha value is -2.50. The lowest BCUT2D eigenvalue weighted by Crippen LogP contribution is -2.03. The van der Waals surface area contributed by atoms with Crippen molar-refractivity contribution in [3.8, 4) is 11.5 Å². The Bertz CT molecular complexity index is 516. The molecule has 0 unspecified atom stereocenters. The third-order valence-corrected chi connectivity index (χ3v) is 2.20. The van der Waals surface area contributed by atoms with Crippen LogP contribution in [0, 0.1) is 0 Å². The fourth-order valence-electron chi connectivity index (χ4n) is 1.48. The van der Waals surface area contributed by atoms with Crippen LogP contribution in [0.15, 0.2) is 50.0 Å². The monoisotopic (exact) mass is 212 g/mol. The van der Waals surface area contributed by atoms with Crippen LogP contribution < -0.4 is 0 Å². The Labute approximate surface area is 91.3 Å². The highest BCUT2D eigenvalue weighted by molar-refractivity contribution is 5.44. The van der Waals surface area contributed by atoms with Crippen molar-refractivity contribution in [3.63, 3.8) is 0 Å². The molecule has 6 nitrogen and oxygen atoms in total. The van der Waals surface area contributed by atoms with Crippen LogP contribution >= 0.6 is 0 Å². The molecule has 0 aliphatic carbocycles. The number of hydrogen-bond donors (Lipinski definition) is 0. The average Bonchev–Trinajstić information content (AvgIpc) is 3.03. The second-order valence-electron chi connectivity index (χ2n) is 3.17. The van der Waals surface area contributed by atoms with E-state index in [1.807, 2.05) is 21.5 Å². The fraction of sp³-hybridized carbons (Fsp3) is 0. The molecule has 0 saturated carbocycles. The number of imidazole rings is 2. The highest BCUT2D eigenvalue weighted by Gasteiger charge is 2.06. The van der Waals surface area contributed by atoms with E-state index in [0.29, 0.717) is 0 Å². The van der Waals surface area contributed by atoms with Crippen LogP contribution in [0.25, 0.3) is 11.5 Å². The Morgan fingerprint density at radius 3 is 2.31 bits per heavy atom. The Kier molecular flexibility index (Phi) is 1.96.